The number of carbonyl (C=O) groups excluding carboxylic acids is 2. The molecule has 0 aromatic heterocycles. The number of hydrogen-bond acceptors (Lipinski definition) is 3. The van der Waals surface area contributed by atoms with Gasteiger partial charge in [-0.05, 0) is 38.5 Å². The van der Waals surface area contributed by atoms with E-state index in [9.17, 15) is 14.4 Å². The fraction of sp³-hybridized carbons (Fsp3) is 0.438. The first-order valence-corrected chi connectivity index (χ1v) is 8.27. The lowest BCUT2D eigenvalue weighted by Gasteiger charge is -2.21. The standard InChI is InChI=1S/C16H18Cl2N2O4/c1-8(16(23)24)9(2)19-14(21)11-5-6-20(15(11)22)13-7-10(17)3-4-12(13)18/h3-4,7-9,11H,5-6H2,1-2H3,(H,19,21)(H,23,24). The summed E-state index contributed by atoms with van der Waals surface area (Å²) < 4.78 is 0. The number of nitrogens with zero attached hydrogens (tertiary/aromatic N) is 1. The van der Waals surface area contributed by atoms with Crippen LogP contribution in [-0.4, -0.2) is 35.5 Å². The first-order valence-electron chi connectivity index (χ1n) is 7.52. The van der Waals surface area contributed by atoms with E-state index in [1.54, 1.807) is 25.1 Å². The quantitative estimate of drug-likeness (QED) is 0.777. The van der Waals surface area contributed by atoms with Crippen molar-refractivity contribution >= 4 is 46.7 Å². The van der Waals surface area contributed by atoms with Gasteiger partial charge in [0, 0.05) is 17.6 Å². The van der Waals surface area contributed by atoms with Gasteiger partial charge in [-0.15, -0.1) is 0 Å². The second kappa shape index (κ2) is 7.40. The number of benzene rings is 1. The molecule has 6 nitrogen and oxygen atoms in total. The molecular formula is C16H18Cl2N2O4. The Bertz CT molecular complexity index is 680. The maximum atomic E-state index is 12.5. The van der Waals surface area contributed by atoms with Gasteiger partial charge in [0.05, 0.1) is 16.6 Å². The summed E-state index contributed by atoms with van der Waals surface area (Å²) in [5, 5.41) is 12.4. The molecule has 0 bridgehead atoms. The van der Waals surface area contributed by atoms with Crippen LogP contribution < -0.4 is 10.2 Å². The van der Waals surface area contributed by atoms with Crippen LogP contribution in [0.3, 0.4) is 0 Å². The fourth-order valence-corrected chi connectivity index (χ4v) is 2.90. The lowest BCUT2D eigenvalue weighted by Crippen LogP contribution is -2.44. The van der Waals surface area contributed by atoms with Crippen molar-refractivity contribution in [2.45, 2.75) is 26.3 Å². The van der Waals surface area contributed by atoms with Gasteiger partial charge in [0.2, 0.25) is 11.8 Å². The molecule has 0 spiro atoms. The molecule has 3 atom stereocenters. The summed E-state index contributed by atoms with van der Waals surface area (Å²) in [7, 11) is 0. The summed E-state index contributed by atoms with van der Waals surface area (Å²) >= 11 is 12.1. The number of carboxylic acids is 1. The van der Waals surface area contributed by atoms with Crippen molar-refractivity contribution in [1.82, 2.24) is 5.32 Å². The van der Waals surface area contributed by atoms with Crippen LogP contribution in [-0.2, 0) is 14.4 Å². The highest BCUT2D eigenvalue weighted by molar-refractivity contribution is 6.36. The Kier molecular flexibility index (Phi) is 5.72. The molecule has 24 heavy (non-hydrogen) atoms. The van der Waals surface area contributed by atoms with Gasteiger partial charge >= 0.3 is 5.97 Å². The van der Waals surface area contributed by atoms with Gasteiger partial charge in [0.1, 0.15) is 5.92 Å². The number of anilines is 1. The fourth-order valence-electron chi connectivity index (χ4n) is 2.52. The van der Waals surface area contributed by atoms with E-state index in [2.05, 4.69) is 5.32 Å². The Morgan fingerprint density at radius 2 is 2.00 bits per heavy atom. The minimum atomic E-state index is -1.01. The van der Waals surface area contributed by atoms with Crippen LogP contribution in [0.15, 0.2) is 18.2 Å². The number of carboxylic acid groups (broad SMARTS) is 1. The van der Waals surface area contributed by atoms with E-state index in [0.717, 1.165) is 0 Å². The molecule has 1 aromatic rings. The van der Waals surface area contributed by atoms with Gasteiger partial charge in [-0.3, -0.25) is 14.4 Å². The Morgan fingerprint density at radius 1 is 1.33 bits per heavy atom. The van der Waals surface area contributed by atoms with Crippen molar-refractivity contribution in [1.29, 1.82) is 0 Å². The van der Waals surface area contributed by atoms with Crippen molar-refractivity contribution in [2.75, 3.05) is 11.4 Å². The summed E-state index contributed by atoms with van der Waals surface area (Å²) in [4.78, 5) is 37.2. The topological polar surface area (TPSA) is 86.7 Å². The third kappa shape index (κ3) is 3.82. The summed E-state index contributed by atoms with van der Waals surface area (Å²) in [6.45, 7) is 3.45. The zero-order valence-electron chi connectivity index (χ0n) is 13.3. The van der Waals surface area contributed by atoms with Crippen LogP contribution in [0.25, 0.3) is 0 Å². The Morgan fingerprint density at radius 3 is 2.62 bits per heavy atom. The number of hydrogen-bond donors (Lipinski definition) is 2. The number of halogens is 2. The Hall–Kier alpha value is -1.79. The molecule has 1 aliphatic heterocycles. The van der Waals surface area contributed by atoms with E-state index in [1.165, 1.54) is 11.8 Å². The van der Waals surface area contributed by atoms with E-state index in [-0.39, 0.29) is 5.91 Å². The van der Waals surface area contributed by atoms with Crippen LogP contribution in [0.2, 0.25) is 10.0 Å². The maximum Gasteiger partial charge on any atom is 0.308 e. The zero-order valence-corrected chi connectivity index (χ0v) is 14.8. The molecule has 1 saturated heterocycles. The molecule has 1 aromatic carbocycles. The Labute approximate surface area is 149 Å². The third-order valence-electron chi connectivity index (χ3n) is 4.23. The molecule has 1 aliphatic rings. The summed E-state index contributed by atoms with van der Waals surface area (Å²) in [5.41, 5.74) is 0.469. The highest BCUT2D eigenvalue weighted by Gasteiger charge is 2.39. The highest BCUT2D eigenvalue weighted by atomic mass is 35.5. The normalized spacial score (nSPS) is 19.9. The van der Waals surface area contributed by atoms with E-state index < -0.39 is 29.8 Å². The molecule has 2 rings (SSSR count). The predicted molar refractivity (Wildman–Crippen MR) is 91.3 cm³/mol. The van der Waals surface area contributed by atoms with Crippen molar-refractivity contribution in [3.63, 3.8) is 0 Å². The van der Waals surface area contributed by atoms with Gasteiger partial charge in [0.25, 0.3) is 0 Å². The van der Waals surface area contributed by atoms with Gasteiger partial charge in [-0.1, -0.05) is 23.2 Å². The molecule has 2 amide bonds. The number of nitrogens with one attached hydrogen (secondary N) is 1. The summed E-state index contributed by atoms with van der Waals surface area (Å²) in [6, 6.07) is 4.22. The van der Waals surface area contributed by atoms with Crippen LogP contribution in [0.5, 0.6) is 0 Å². The maximum absolute atomic E-state index is 12.5. The van der Waals surface area contributed by atoms with Gasteiger partial charge in [-0.2, -0.15) is 0 Å². The molecular weight excluding hydrogens is 355 g/mol. The molecule has 0 saturated carbocycles. The zero-order chi connectivity index (χ0) is 18.0. The lowest BCUT2D eigenvalue weighted by atomic mass is 10.0. The highest BCUT2D eigenvalue weighted by Crippen LogP contribution is 2.33. The molecule has 3 unspecified atom stereocenters. The molecule has 8 heteroatoms. The SMILES string of the molecule is CC(NC(=O)C1CCN(c2cc(Cl)ccc2Cl)C1=O)C(C)C(=O)O. The van der Waals surface area contributed by atoms with Crippen LogP contribution in [0, 0.1) is 11.8 Å². The number of amides is 2. The van der Waals surface area contributed by atoms with Gasteiger partial charge in [-0.25, -0.2) is 0 Å². The van der Waals surface area contributed by atoms with Crippen LogP contribution >= 0.6 is 23.2 Å². The van der Waals surface area contributed by atoms with E-state index in [4.69, 9.17) is 28.3 Å². The minimum absolute atomic E-state index is 0.335. The van der Waals surface area contributed by atoms with Crippen molar-refractivity contribution < 1.29 is 19.5 Å². The van der Waals surface area contributed by atoms with E-state index >= 15 is 0 Å². The van der Waals surface area contributed by atoms with Gasteiger partial charge in [0.15, 0.2) is 0 Å². The molecule has 0 aliphatic carbocycles. The average Bonchev–Trinajstić information content (AvgIpc) is 2.90. The largest absolute Gasteiger partial charge is 0.481 e. The lowest BCUT2D eigenvalue weighted by molar-refractivity contribution is -0.142. The molecule has 130 valence electrons. The predicted octanol–water partition coefficient (Wildman–Crippen LogP) is 2.57. The van der Waals surface area contributed by atoms with Crippen LogP contribution in [0.4, 0.5) is 5.69 Å². The Balaban J connectivity index is 2.09. The van der Waals surface area contributed by atoms with E-state index in [0.29, 0.717) is 28.7 Å². The minimum Gasteiger partial charge on any atom is -0.481 e. The molecule has 1 heterocycles. The van der Waals surface area contributed by atoms with Crippen LogP contribution in [0.1, 0.15) is 20.3 Å². The number of carbonyl (C=O) groups is 3. The average molecular weight is 373 g/mol. The number of aliphatic carboxylic acids is 1. The van der Waals surface area contributed by atoms with E-state index in [1.807, 2.05) is 0 Å². The second-order valence-corrected chi connectivity index (χ2v) is 6.69. The smallest absolute Gasteiger partial charge is 0.308 e. The molecule has 0 radical (unpaired) electrons. The third-order valence-corrected chi connectivity index (χ3v) is 4.79. The number of rotatable bonds is 5. The summed E-state index contributed by atoms with van der Waals surface area (Å²) in [6.07, 6.45) is 0.335. The molecule has 1 fully saturated rings. The second-order valence-electron chi connectivity index (χ2n) is 5.85. The first kappa shape index (κ1) is 18.5. The monoisotopic (exact) mass is 372 g/mol. The van der Waals surface area contributed by atoms with Crippen molar-refractivity contribution in [3.8, 4) is 0 Å². The van der Waals surface area contributed by atoms with Crippen molar-refractivity contribution in [3.05, 3.63) is 28.2 Å². The van der Waals surface area contributed by atoms with Crippen molar-refractivity contribution in [2.24, 2.45) is 11.8 Å². The summed E-state index contributed by atoms with van der Waals surface area (Å²) in [5.74, 6) is -3.45. The first-order chi connectivity index (χ1) is 11.2. The van der Waals surface area contributed by atoms with Gasteiger partial charge < -0.3 is 15.3 Å². The molecule has 2 N–H and O–H groups in total.